The lowest BCUT2D eigenvalue weighted by molar-refractivity contribution is 0.173. The summed E-state index contributed by atoms with van der Waals surface area (Å²) in [5.41, 5.74) is 5.16. The molecule has 0 amide bonds. The predicted octanol–water partition coefficient (Wildman–Crippen LogP) is -0.321. The summed E-state index contributed by atoms with van der Waals surface area (Å²) in [4.78, 5) is 4.52. The molecule has 0 unspecified atom stereocenters. The molecule has 0 saturated heterocycles. The first-order valence-corrected chi connectivity index (χ1v) is 1.84. The zero-order valence-electron chi connectivity index (χ0n) is 3.35. The Kier molecular flexibility index (Phi) is 0.670. The fraction of sp³-hybridized carbons (Fsp3) is 0.667. The van der Waals surface area contributed by atoms with Gasteiger partial charge in [0.1, 0.15) is 12.4 Å². The van der Waals surface area contributed by atoms with Crippen molar-refractivity contribution in [3.63, 3.8) is 0 Å². The number of nitrogens with zero attached hydrogens (tertiary/aromatic N) is 1. The van der Waals surface area contributed by atoms with E-state index in [2.05, 4.69) is 9.99 Å². The smallest absolute Gasteiger partial charge is 0.142 e. The normalized spacial score (nSPS) is 19.7. The van der Waals surface area contributed by atoms with E-state index in [0.717, 1.165) is 6.42 Å². The van der Waals surface area contributed by atoms with Gasteiger partial charge in [-0.1, -0.05) is 5.16 Å². The molecule has 0 saturated carbocycles. The van der Waals surface area contributed by atoms with Crippen LogP contribution in [-0.4, -0.2) is 12.4 Å². The van der Waals surface area contributed by atoms with Gasteiger partial charge in [-0.15, -0.1) is 0 Å². The van der Waals surface area contributed by atoms with Gasteiger partial charge in [0.05, 0.1) is 0 Å². The Hall–Kier alpha value is -0.730. The number of rotatable bonds is 0. The Morgan fingerprint density at radius 3 is 2.83 bits per heavy atom. The van der Waals surface area contributed by atoms with Crippen LogP contribution < -0.4 is 5.73 Å². The molecule has 1 heterocycles. The van der Waals surface area contributed by atoms with E-state index < -0.39 is 0 Å². The van der Waals surface area contributed by atoms with Crippen molar-refractivity contribution >= 4 is 5.84 Å². The Morgan fingerprint density at radius 2 is 2.67 bits per heavy atom. The van der Waals surface area contributed by atoms with E-state index in [-0.39, 0.29) is 0 Å². The number of hydrogen-bond acceptors (Lipinski definition) is 3. The van der Waals surface area contributed by atoms with Crippen LogP contribution in [0.25, 0.3) is 0 Å². The third kappa shape index (κ3) is 0.429. The first-order valence-electron chi connectivity index (χ1n) is 1.84. The summed E-state index contributed by atoms with van der Waals surface area (Å²) in [6.45, 7) is 0.659. The van der Waals surface area contributed by atoms with Crippen LogP contribution in [0.1, 0.15) is 6.42 Å². The molecule has 0 fully saturated rings. The maximum atomic E-state index is 5.16. The minimum atomic E-state index is 0.606. The highest BCUT2D eigenvalue weighted by molar-refractivity contribution is 5.80. The van der Waals surface area contributed by atoms with Crippen molar-refractivity contribution in [1.82, 2.24) is 0 Å². The number of nitrogens with two attached hydrogens (primary N) is 1. The average Bonchev–Trinajstić information content (AvgIpc) is 1.86. The van der Waals surface area contributed by atoms with Crippen molar-refractivity contribution in [3.05, 3.63) is 0 Å². The molecule has 0 aliphatic carbocycles. The number of amidine groups is 1. The number of oxime groups is 1. The summed E-state index contributed by atoms with van der Waals surface area (Å²) in [5.74, 6) is 0.606. The molecule has 1 aliphatic heterocycles. The minimum Gasteiger partial charge on any atom is -0.394 e. The summed E-state index contributed by atoms with van der Waals surface area (Å²) in [7, 11) is 0. The van der Waals surface area contributed by atoms with E-state index >= 15 is 0 Å². The maximum absolute atomic E-state index is 5.16. The largest absolute Gasteiger partial charge is 0.394 e. The van der Waals surface area contributed by atoms with E-state index in [0.29, 0.717) is 12.4 Å². The Morgan fingerprint density at radius 1 is 1.83 bits per heavy atom. The molecule has 0 bridgehead atoms. The van der Waals surface area contributed by atoms with Gasteiger partial charge in [-0.3, -0.25) is 0 Å². The van der Waals surface area contributed by atoms with Gasteiger partial charge in [0, 0.05) is 6.42 Å². The molecule has 3 heteroatoms. The van der Waals surface area contributed by atoms with Gasteiger partial charge < -0.3 is 10.6 Å². The van der Waals surface area contributed by atoms with Gasteiger partial charge in [-0.05, 0) is 0 Å². The predicted molar refractivity (Wildman–Crippen MR) is 22.2 cm³/mol. The average molecular weight is 86.1 g/mol. The zero-order valence-corrected chi connectivity index (χ0v) is 3.35. The molecule has 0 aromatic heterocycles. The topological polar surface area (TPSA) is 47.6 Å². The maximum Gasteiger partial charge on any atom is 0.142 e. The van der Waals surface area contributed by atoms with Crippen LogP contribution in [0, 0.1) is 0 Å². The molecule has 34 valence electrons. The molecule has 1 rings (SSSR count). The second-order valence-corrected chi connectivity index (χ2v) is 1.17. The fourth-order valence-electron chi connectivity index (χ4n) is 0.324. The van der Waals surface area contributed by atoms with Crippen LogP contribution in [-0.2, 0) is 4.84 Å². The quantitative estimate of drug-likeness (QED) is 0.439. The fourth-order valence-corrected chi connectivity index (χ4v) is 0.324. The van der Waals surface area contributed by atoms with Gasteiger partial charge in [0.15, 0.2) is 0 Å². The first kappa shape index (κ1) is 3.46. The van der Waals surface area contributed by atoms with Crippen LogP contribution in [0.3, 0.4) is 0 Å². The van der Waals surface area contributed by atoms with Crippen molar-refractivity contribution in [1.29, 1.82) is 0 Å². The summed E-state index contributed by atoms with van der Waals surface area (Å²) in [6, 6.07) is 0. The minimum absolute atomic E-state index is 0.606. The lowest BCUT2D eigenvalue weighted by Crippen LogP contribution is -2.06. The second kappa shape index (κ2) is 1.16. The Bertz CT molecular complexity index is 78.9. The number of hydrogen-bond donors (Lipinski definition) is 1. The molecule has 0 radical (unpaired) electrons. The summed E-state index contributed by atoms with van der Waals surface area (Å²) in [6.07, 6.45) is 0.792. The van der Waals surface area contributed by atoms with E-state index in [1.54, 1.807) is 0 Å². The van der Waals surface area contributed by atoms with Gasteiger partial charge in [-0.2, -0.15) is 0 Å². The van der Waals surface area contributed by atoms with E-state index in [1.807, 2.05) is 0 Å². The van der Waals surface area contributed by atoms with Crippen LogP contribution in [0.4, 0.5) is 0 Å². The van der Waals surface area contributed by atoms with E-state index in [4.69, 9.17) is 5.73 Å². The Balaban J connectivity index is 2.45. The van der Waals surface area contributed by atoms with Crippen LogP contribution in [0.5, 0.6) is 0 Å². The molecule has 0 aromatic carbocycles. The third-order valence-corrected chi connectivity index (χ3v) is 0.631. The molecule has 0 atom stereocenters. The molecule has 6 heavy (non-hydrogen) atoms. The molecular formula is C3H6N2O. The second-order valence-electron chi connectivity index (χ2n) is 1.17. The molecule has 2 N–H and O–H groups in total. The highest BCUT2D eigenvalue weighted by atomic mass is 16.6. The van der Waals surface area contributed by atoms with Gasteiger partial charge in [0.25, 0.3) is 0 Å². The molecule has 0 spiro atoms. The monoisotopic (exact) mass is 86.0 g/mol. The van der Waals surface area contributed by atoms with Crippen LogP contribution in [0.2, 0.25) is 0 Å². The van der Waals surface area contributed by atoms with E-state index in [9.17, 15) is 0 Å². The van der Waals surface area contributed by atoms with Gasteiger partial charge in [-0.25, -0.2) is 0 Å². The first-order chi connectivity index (χ1) is 2.89. The van der Waals surface area contributed by atoms with Gasteiger partial charge in [0.2, 0.25) is 0 Å². The van der Waals surface area contributed by atoms with Crippen molar-refractivity contribution in [2.45, 2.75) is 6.42 Å². The standard InChI is InChI=1S/C3H6N2O/c4-3-1-2-6-5-3/h1-2H2,(H2,4,5). The third-order valence-electron chi connectivity index (χ3n) is 0.631. The summed E-state index contributed by atoms with van der Waals surface area (Å²) >= 11 is 0. The molecule has 0 aromatic rings. The highest BCUT2D eigenvalue weighted by Crippen LogP contribution is 1.92. The van der Waals surface area contributed by atoms with E-state index in [1.165, 1.54) is 0 Å². The molecule has 1 aliphatic rings. The summed E-state index contributed by atoms with van der Waals surface area (Å²) < 4.78 is 0. The molecule has 3 nitrogen and oxygen atoms in total. The molecular weight excluding hydrogens is 80.0 g/mol. The SMILES string of the molecule is NC1=NOCC1. The van der Waals surface area contributed by atoms with Crippen molar-refractivity contribution in [2.24, 2.45) is 10.9 Å². The van der Waals surface area contributed by atoms with Crippen LogP contribution in [0.15, 0.2) is 5.16 Å². The van der Waals surface area contributed by atoms with Crippen molar-refractivity contribution in [2.75, 3.05) is 6.61 Å². The summed E-state index contributed by atoms with van der Waals surface area (Å²) in [5, 5.41) is 3.43. The Labute approximate surface area is 35.8 Å². The van der Waals surface area contributed by atoms with Crippen molar-refractivity contribution in [3.8, 4) is 0 Å². The van der Waals surface area contributed by atoms with Crippen molar-refractivity contribution < 1.29 is 4.84 Å². The van der Waals surface area contributed by atoms with Crippen LogP contribution >= 0.6 is 0 Å². The highest BCUT2D eigenvalue weighted by Gasteiger charge is 1.99. The van der Waals surface area contributed by atoms with Gasteiger partial charge >= 0.3 is 0 Å². The zero-order chi connectivity index (χ0) is 4.41. The lowest BCUT2D eigenvalue weighted by atomic mass is 10.4. The lowest BCUT2D eigenvalue weighted by Gasteiger charge is -1.75.